The van der Waals surface area contributed by atoms with E-state index in [1.165, 1.54) is 66.6 Å². The van der Waals surface area contributed by atoms with Gasteiger partial charge in [0.1, 0.15) is 22.3 Å². The van der Waals surface area contributed by atoms with Crippen LogP contribution >= 0.6 is 0 Å². The molecule has 2 atom stereocenters. The molecule has 2 aliphatic rings. The smallest absolute Gasteiger partial charge is 0.139 e. The molecule has 0 saturated heterocycles. The molecular weight excluding hydrogens is 853 g/mol. The second-order valence-corrected chi connectivity index (χ2v) is 18.8. The normalized spacial score (nSPS) is 15.4. The summed E-state index contributed by atoms with van der Waals surface area (Å²) < 4.78 is 15.5. The maximum Gasteiger partial charge on any atom is 0.139 e. The third kappa shape index (κ3) is 6.03. The number of rotatable bonds is 6. The number of hydrogen-bond donors (Lipinski definition) is 0. The van der Waals surface area contributed by atoms with Crippen molar-refractivity contribution in [1.29, 1.82) is 0 Å². The molecule has 0 fully saturated rings. The van der Waals surface area contributed by atoms with Crippen LogP contribution in [0.15, 0.2) is 252 Å². The molecular formula is C66H42N2O2. The molecule has 0 amide bonds. The molecule has 1 aliphatic heterocycles. The first-order chi connectivity index (χ1) is 34.7. The molecule has 4 heterocycles. The molecule has 0 bridgehead atoms. The first-order valence-electron chi connectivity index (χ1n) is 24.1. The fourth-order valence-electron chi connectivity index (χ4n) is 11.6. The Bertz CT molecular complexity index is 4290. The predicted octanol–water partition coefficient (Wildman–Crippen LogP) is 17.8. The number of allylic oxidation sites excluding steroid dienone is 2. The number of nitrogens with zero attached hydrogens (tertiary/aromatic N) is 2. The number of anilines is 2. The fourth-order valence-corrected chi connectivity index (χ4v) is 11.6. The number of benzene rings is 10. The Balaban J connectivity index is 0.835. The second kappa shape index (κ2) is 15.2. The van der Waals surface area contributed by atoms with Crippen molar-refractivity contribution in [3.8, 4) is 39.1 Å². The zero-order chi connectivity index (χ0) is 45.9. The minimum Gasteiger partial charge on any atom is -0.456 e. The minimum absolute atomic E-state index is 0.186. The van der Waals surface area contributed by atoms with Crippen molar-refractivity contribution in [2.24, 2.45) is 0 Å². The lowest BCUT2D eigenvalue weighted by atomic mass is 9.85. The summed E-state index contributed by atoms with van der Waals surface area (Å²) in [6, 6.07) is 81.4. The Labute approximate surface area is 403 Å². The quantitative estimate of drug-likeness (QED) is 0.167. The van der Waals surface area contributed by atoms with Crippen LogP contribution in [0.3, 0.4) is 0 Å². The summed E-state index contributed by atoms with van der Waals surface area (Å²) in [6.07, 6.45) is 7.15. The topological polar surface area (TPSA) is 34.5 Å². The first-order valence-corrected chi connectivity index (χ1v) is 24.1. The molecule has 1 aliphatic carbocycles. The van der Waals surface area contributed by atoms with Crippen LogP contribution < -0.4 is 4.90 Å². The van der Waals surface area contributed by atoms with Crippen LogP contribution in [0, 0.1) is 0 Å². The summed E-state index contributed by atoms with van der Waals surface area (Å²) in [5.74, 6) is 0.200. The van der Waals surface area contributed by atoms with Crippen LogP contribution in [-0.4, -0.2) is 10.6 Å². The van der Waals surface area contributed by atoms with Gasteiger partial charge in [-0.05, 0) is 141 Å². The Kier molecular flexibility index (Phi) is 8.45. The van der Waals surface area contributed by atoms with Gasteiger partial charge in [0.05, 0.1) is 17.1 Å². The SMILES string of the molecule is C1=CC2C(C=C1c1ccccc1)c1cc(-c3ccc4oc5cc6oc7ccc(-c8ccc9c(c8)c8cc(-c%10ccccc%10)ccc8n9-c8ccccc8)cc7c6cc5c4c3)ccc1N2c1ccccc1. The van der Waals surface area contributed by atoms with E-state index in [4.69, 9.17) is 8.83 Å². The van der Waals surface area contributed by atoms with Gasteiger partial charge >= 0.3 is 0 Å². The maximum atomic E-state index is 6.56. The highest BCUT2D eigenvalue weighted by Gasteiger charge is 2.38. The van der Waals surface area contributed by atoms with E-state index in [-0.39, 0.29) is 12.0 Å². The fraction of sp³-hybridized carbons (Fsp3) is 0.0303. The van der Waals surface area contributed by atoms with Crippen molar-refractivity contribution in [3.63, 3.8) is 0 Å². The van der Waals surface area contributed by atoms with E-state index < -0.39 is 0 Å². The van der Waals surface area contributed by atoms with Gasteiger partial charge in [0.2, 0.25) is 0 Å². The van der Waals surface area contributed by atoms with Crippen LogP contribution in [0.2, 0.25) is 0 Å². The van der Waals surface area contributed by atoms with Gasteiger partial charge in [-0.15, -0.1) is 0 Å². The number of aromatic nitrogens is 1. The summed E-state index contributed by atoms with van der Waals surface area (Å²) in [7, 11) is 0. The van der Waals surface area contributed by atoms with Crippen molar-refractivity contribution in [2.45, 2.75) is 12.0 Å². The van der Waals surface area contributed by atoms with Crippen molar-refractivity contribution in [1.82, 2.24) is 4.57 Å². The largest absolute Gasteiger partial charge is 0.456 e. The van der Waals surface area contributed by atoms with Crippen LogP contribution in [0.5, 0.6) is 0 Å². The zero-order valence-corrected chi connectivity index (χ0v) is 38.0. The summed E-state index contributed by atoms with van der Waals surface area (Å²) in [5, 5.41) is 6.76. The summed E-state index contributed by atoms with van der Waals surface area (Å²) in [4.78, 5) is 2.50. The van der Waals surface area contributed by atoms with Crippen LogP contribution in [0.25, 0.3) is 110 Å². The lowest BCUT2D eigenvalue weighted by Gasteiger charge is -2.29. The number of furan rings is 2. The maximum absolute atomic E-state index is 6.56. The molecule has 0 radical (unpaired) electrons. The van der Waals surface area contributed by atoms with E-state index in [1.54, 1.807) is 0 Å². The number of fused-ring (bicyclic) bond motifs is 12. The van der Waals surface area contributed by atoms with Crippen LogP contribution in [0.4, 0.5) is 11.4 Å². The molecule has 2 unspecified atom stereocenters. The van der Waals surface area contributed by atoms with E-state index >= 15 is 0 Å². The molecule has 10 aromatic carbocycles. The van der Waals surface area contributed by atoms with E-state index in [0.717, 1.165) is 66.3 Å². The molecule has 3 aromatic heterocycles. The zero-order valence-electron chi connectivity index (χ0n) is 38.0. The van der Waals surface area contributed by atoms with E-state index in [2.05, 4.69) is 252 Å². The Morgan fingerprint density at radius 3 is 1.41 bits per heavy atom. The van der Waals surface area contributed by atoms with Crippen molar-refractivity contribution < 1.29 is 8.83 Å². The second-order valence-electron chi connectivity index (χ2n) is 18.8. The first kappa shape index (κ1) is 38.9. The lowest BCUT2D eigenvalue weighted by Crippen LogP contribution is -2.28. The van der Waals surface area contributed by atoms with Gasteiger partial charge in [0.25, 0.3) is 0 Å². The van der Waals surface area contributed by atoms with Gasteiger partial charge in [-0.25, -0.2) is 0 Å². The lowest BCUT2D eigenvalue weighted by molar-refractivity contribution is 0.656. The van der Waals surface area contributed by atoms with Gasteiger partial charge < -0.3 is 18.3 Å². The highest BCUT2D eigenvalue weighted by atomic mass is 16.3. The van der Waals surface area contributed by atoms with Crippen molar-refractivity contribution >= 4 is 82.6 Å². The average Bonchev–Trinajstić information content (AvgIpc) is 4.17. The Morgan fingerprint density at radius 2 is 0.814 bits per heavy atom. The third-order valence-electron chi connectivity index (χ3n) is 14.9. The van der Waals surface area contributed by atoms with Gasteiger partial charge in [0.15, 0.2) is 0 Å². The van der Waals surface area contributed by atoms with Crippen LogP contribution in [-0.2, 0) is 0 Å². The molecule has 13 aromatic rings. The molecule has 0 spiro atoms. The van der Waals surface area contributed by atoms with Crippen molar-refractivity contribution in [2.75, 3.05) is 4.90 Å². The summed E-state index contributed by atoms with van der Waals surface area (Å²) in [6.45, 7) is 0. The van der Waals surface area contributed by atoms with Crippen LogP contribution in [0.1, 0.15) is 17.0 Å². The highest BCUT2D eigenvalue weighted by molar-refractivity contribution is 6.17. The highest BCUT2D eigenvalue weighted by Crippen LogP contribution is 2.51. The molecule has 15 rings (SSSR count). The average molecular weight is 895 g/mol. The van der Waals surface area contributed by atoms with E-state index in [0.29, 0.717) is 0 Å². The minimum atomic E-state index is 0.186. The Hall–Kier alpha value is -9.12. The molecule has 328 valence electrons. The molecule has 0 N–H and O–H groups in total. The van der Waals surface area contributed by atoms with Gasteiger partial charge in [-0.2, -0.15) is 0 Å². The monoisotopic (exact) mass is 894 g/mol. The van der Waals surface area contributed by atoms with Gasteiger partial charge in [-0.1, -0.05) is 146 Å². The summed E-state index contributed by atoms with van der Waals surface area (Å²) in [5.41, 5.74) is 20.2. The number of para-hydroxylation sites is 2. The predicted molar refractivity (Wildman–Crippen MR) is 290 cm³/mol. The molecule has 4 nitrogen and oxygen atoms in total. The third-order valence-corrected chi connectivity index (χ3v) is 14.9. The summed E-state index contributed by atoms with van der Waals surface area (Å²) >= 11 is 0. The van der Waals surface area contributed by atoms with E-state index in [1.807, 2.05) is 0 Å². The van der Waals surface area contributed by atoms with E-state index in [9.17, 15) is 0 Å². The molecule has 0 saturated carbocycles. The molecule has 70 heavy (non-hydrogen) atoms. The van der Waals surface area contributed by atoms with Crippen molar-refractivity contribution in [3.05, 3.63) is 254 Å². The number of hydrogen-bond acceptors (Lipinski definition) is 3. The Morgan fingerprint density at radius 1 is 0.343 bits per heavy atom. The molecule has 4 heteroatoms. The standard InChI is InChI=1S/C66H42N2O2/c1-5-13-41(14-6-1)43-21-27-59-51(33-43)53-35-45(23-29-61(53)67(59)49-17-9-3-10-18-49)47-25-31-63-55(37-47)57-39-58-56-38-48(26-32-64(56)70-66(58)40-65(57)69-63)46-24-30-62-54(36-46)52-34-44(42-15-7-2-8-16-42)22-28-60(52)68(62)50-19-11-4-12-20-50/h1-40,51,59H. The van der Waals surface area contributed by atoms with Gasteiger partial charge in [0, 0.05) is 61.4 Å². The van der Waals surface area contributed by atoms with Gasteiger partial charge in [-0.3, -0.25) is 0 Å².